The predicted octanol–water partition coefficient (Wildman–Crippen LogP) is 3.14. The Kier molecular flexibility index (Phi) is 5.31. The summed E-state index contributed by atoms with van der Waals surface area (Å²) in [5, 5.41) is 5.97. The number of H-pyrrole nitrogens is 1. The van der Waals surface area contributed by atoms with E-state index in [1.165, 1.54) is 17.7 Å². The Morgan fingerprint density at radius 3 is 3.00 bits per heavy atom. The first-order chi connectivity index (χ1) is 15.6. The highest BCUT2D eigenvalue weighted by molar-refractivity contribution is 6.09. The molecule has 8 nitrogen and oxygen atoms in total. The molecule has 0 unspecified atom stereocenters. The van der Waals surface area contributed by atoms with Crippen LogP contribution in [-0.4, -0.2) is 54.7 Å². The van der Waals surface area contributed by atoms with E-state index in [9.17, 15) is 9.59 Å². The van der Waals surface area contributed by atoms with Crippen molar-refractivity contribution in [2.75, 3.05) is 32.1 Å². The average Bonchev–Trinajstić information content (AvgIpc) is 3.58. The van der Waals surface area contributed by atoms with Crippen molar-refractivity contribution < 1.29 is 14.3 Å². The smallest absolute Gasteiger partial charge is 0.317 e. The molecule has 164 valence electrons. The number of aliphatic imine (C=N–C) groups is 1. The highest BCUT2D eigenvalue weighted by Crippen LogP contribution is 2.38. The first-order valence-electron chi connectivity index (χ1n) is 10.9. The molecule has 1 aromatic rings. The summed E-state index contributed by atoms with van der Waals surface area (Å²) in [7, 11) is 1.56. The highest BCUT2D eigenvalue weighted by Gasteiger charge is 2.34. The van der Waals surface area contributed by atoms with Crippen molar-refractivity contribution in [3.05, 3.63) is 58.1 Å². The van der Waals surface area contributed by atoms with Gasteiger partial charge in [0.05, 0.1) is 48.6 Å². The molecule has 8 heteroatoms. The topological polar surface area (TPSA) is 98.8 Å². The zero-order valence-electron chi connectivity index (χ0n) is 18.0. The first kappa shape index (κ1) is 20.2. The Bertz CT molecular complexity index is 1170. The number of aromatic amines is 1. The number of anilines is 1. The number of dihydropyridines is 1. The minimum atomic E-state index is -0.280. The minimum Gasteiger partial charge on any atom is -0.491 e. The lowest BCUT2D eigenvalue weighted by Crippen LogP contribution is -2.43. The fraction of sp³-hybridized carbons (Fsp3) is 0.375. The lowest BCUT2D eigenvalue weighted by Gasteiger charge is -2.26. The molecule has 0 radical (unpaired) electrons. The van der Waals surface area contributed by atoms with Gasteiger partial charge in [0.15, 0.2) is 5.78 Å². The molecule has 1 aromatic heterocycles. The maximum atomic E-state index is 13.2. The van der Waals surface area contributed by atoms with E-state index in [4.69, 9.17) is 4.74 Å². The SMILES string of the molecule is CNC(=O)N1CC(=O)c2c([nH]c(C3=C(OCC4CC4)C=NCC3)c2NC2=C=C=CC=C2)C1. The zero-order chi connectivity index (χ0) is 22.1. The lowest BCUT2D eigenvalue weighted by molar-refractivity contribution is 0.0920. The molecule has 0 atom stereocenters. The van der Waals surface area contributed by atoms with Crippen LogP contribution in [-0.2, 0) is 11.3 Å². The van der Waals surface area contributed by atoms with Gasteiger partial charge in [0.2, 0.25) is 0 Å². The van der Waals surface area contributed by atoms with Crippen LogP contribution in [0.5, 0.6) is 0 Å². The van der Waals surface area contributed by atoms with E-state index in [0.29, 0.717) is 54.7 Å². The third-order valence-electron chi connectivity index (χ3n) is 5.92. The van der Waals surface area contributed by atoms with Gasteiger partial charge in [-0.1, -0.05) is 11.8 Å². The number of hydrogen-bond donors (Lipinski definition) is 3. The summed E-state index contributed by atoms with van der Waals surface area (Å²) in [6, 6.07) is -0.280. The van der Waals surface area contributed by atoms with E-state index in [1.807, 2.05) is 12.2 Å². The fourth-order valence-corrected chi connectivity index (χ4v) is 4.08. The summed E-state index contributed by atoms with van der Waals surface area (Å²) in [5.41, 5.74) is 10.5. The molecule has 2 amide bonds. The maximum absolute atomic E-state index is 13.2. The van der Waals surface area contributed by atoms with Crippen molar-refractivity contribution in [2.45, 2.75) is 25.8 Å². The Labute approximate surface area is 186 Å². The van der Waals surface area contributed by atoms with Crippen molar-refractivity contribution in [2.24, 2.45) is 10.9 Å². The number of allylic oxidation sites excluding steroid dienone is 4. The number of nitrogens with zero attached hydrogens (tertiary/aromatic N) is 2. The van der Waals surface area contributed by atoms with E-state index in [0.717, 1.165) is 17.0 Å². The third kappa shape index (κ3) is 3.94. The van der Waals surface area contributed by atoms with Gasteiger partial charge in [0, 0.05) is 24.9 Å². The van der Waals surface area contributed by atoms with Gasteiger partial charge in [-0.15, -0.1) is 0 Å². The number of urea groups is 1. The number of nitrogens with one attached hydrogen (secondary N) is 3. The van der Waals surface area contributed by atoms with Crippen molar-refractivity contribution in [3.8, 4) is 0 Å². The summed E-state index contributed by atoms with van der Waals surface area (Å²) >= 11 is 0. The van der Waals surface area contributed by atoms with Crippen LogP contribution >= 0.6 is 0 Å². The van der Waals surface area contributed by atoms with Gasteiger partial charge in [-0.25, -0.2) is 4.79 Å². The summed E-state index contributed by atoms with van der Waals surface area (Å²) < 4.78 is 6.12. The molecule has 0 aromatic carbocycles. The van der Waals surface area contributed by atoms with Gasteiger partial charge < -0.3 is 25.3 Å². The van der Waals surface area contributed by atoms with Gasteiger partial charge in [-0.05, 0) is 43.1 Å². The van der Waals surface area contributed by atoms with Crippen molar-refractivity contribution >= 4 is 29.3 Å². The normalized spacial score (nSPS) is 19.2. The highest BCUT2D eigenvalue weighted by atomic mass is 16.5. The van der Waals surface area contributed by atoms with Crippen LogP contribution in [0.25, 0.3) is 5.57 Å². The lowest BCUT2D eigenvalue weighted by atomic mass is 10.00. The molecular formula is C24H25N5O3. The van der Waals surface area contributed by atoms with Crippen LogP contribution in [0.15, 0.2) is 46.1 Å². The van der Waals surface area contributed by atoms with E-state index in [-0.39, 0.29) is 18.4 Å². The molecule has 1 saturated carbocycles. The van der Waals surface area contributed by atoms with E-state index in [1.54, 1.807) is 19.3 Å². The largest absolute Gasteiger partial charge is 0.491 e. The van der Waals surface area contributed by atoms with Crippen LogP contribution in [0.4, 0.5) is 10.5 Å². The number of ketones is 1. The molecule has 2 aliphatic heterocycles. The molecule has 0 bridgehead atoms. The van der Waals surface area contributed by atoms with Crippen LogP contribution < -0.4 is 10.6 Å². The summed E-state index contributed by atoms with van der Waals surface area (Å²) in [6.07, 6.45) is 10.4. The van der Waals surface area contributed by atoms with Gasteiger partial charge in [0.1, 0.15) is 5.76 Å². The molecule has 0 saturated heterocycles. The van der Waals surface area contributed by atoms with Crippen molar-refractivity contribution in [1.29, 1.82) is 0 Å². The molecule has 0 spiro atoms. The number of rotatable bonds is 6. The second-order valence-electron chi connectivity index (χ2n) is 8.28. The number of Topliss-reactive ketones (excluding diaryl/α,β-unsaturated/α-hetero) is 1. The second kappa shape index (κ2) is 8.42. The zero-order valence-corrected chi connectivity index (χ0v) is 18.0. The van der Waals surface area contributed by atoms with Crippen LogP contribution in [0.2, 0.25) is 0 Å². The Balaban J connectivity index is 1.59. The van der Waals surface area contributed by atoms with Gasteiger partial charge in [-0.2, -0.15) is 0 Å². The number of carbonyl (C=O) groups excluding carboxylic acids is 2. The van der Waals surface area contributed by atoms with Crippen LogP contribution in [0.1, 0.15) is 41.0 Å². The fourth-order valence-electron chi connectivity index (χ4n) is 4.08. The van der Waals surface area contributed by atoms with Gasteiger partial charge in [-0.3, -0.25) is 9.79 Å². The second-order valence-corrected chi connectivity index (χ2v) is 8.28. The van der Waals surface area contributed by atoms with Crippen LogP contribution in [0.3, 0.4) is 0 Å². The Hall–Kier alpha value is -3.73. The number of ether oxygens (including phenoxy) is 1. The number of amides is 2. The quantitative estimate of drug-likeness (QED) is 0.603. The average molecular weight is 431 g/mol. The van der Waals surface area contributed by atoms with Crippen LogP contribution in [0, 0.1) is 5.92 Å². The number of aromatic nitrogens is 1. The van der Waals surface area contributed by atoms with E-state index >= 15 is 0 Å². The third-order valence-corrected chi connectivity index (χ3v) is 5.92. The number of carbonyl (C=O) groups is 2. The summed E-state index contributed by atoms with van der Waals surface area (Å²) in [5.74, 6) is 1.24. The number of hydrogen-bond acceptors (Lipinski definition) is 5. The van der Waals surface area contributed by atoms with E-state index in [2.05, 4.69) is 32.1 Å². The minimum absolute atomic E-state index is 0.0226. The maximum Gasteiger partial charge on any atom is 0.317 e. The monoisotopic (exact) mass is 431 g/mol. The standard InChI is InChI=1S/C24H25N5O3/c1-25-24(31)29-12-18-21(19(30)13-29)23(27-16-5-3-2-4-6-16)22(28-18)17-9-10-26-11-20(17)32-14-15-7-8-15/h2-3,5,11,15,27-28H,7-10,12-14H2,1H3,(H,25,31). The van der Waals surface area contributed by atoms with Gasteiger partial charge >= 0.3 is 6.03 Å². The van der Waals surface area contributed by atoms with Crippen molar-refractivity contribution in [3.63, 3.8) is 0 Å². The molecule has 4 aliphatic rings. The van der Waals surface area contributed by atoms with Crippen molar-refractivity contribution in [1.82, 2.24) is 15.2 Å². The summed E-state index contributed by atoms with van der Waals surface area (Å²) in [6.45, 7) is 1.67. The molecule has 5 rings (SSSR count). The molecule has 2 aliphatic carbocycles. The molecule has 3 heterocycles. The first-order valence-corrected chi connectivity index (χ1v) is 10.9. The molecule has 32 heavy (non-hydrogen) atoms. The Morgan fingerprint density at radius 1 is 1.38 bits per heavy atom. The van der Waals surface area contributed by atoms with Gasteiger partial charge in [0.25, 0.3) is 0 Å². The predicted molar refractivity (Wildman–Crippen MR) is 121 cm³/mol. The molecular weight excluding hydrogens is 406 g/mol. The summed E-state index contributed by atoms with van der Waals surface area (Å²) in [4.78, 5) is 34.7. The molecule has 1 fully saturated rings. The molecule has 3 N–H and O–H groups in total. The number of fused-ring (bicyclic) bond motifs is 1. The van der Waals surface area contributed by atoms with E-state index < -0.39 is 0 Å². The Morgan fingerprint density at radius 2 is 2.25 bits per heavy atom.